The second-order valence-corrected chi connectivity index (χ2v) is 6.75. The van der Waals surface area contributed by atoms with Gasteiger partial charge in [0.05, 0.1) is 16.0 Å². The molecule has 1 aliphatic heterocycles. The van der Waals surface area contributed by atoms with Gasteiger partial charge in [0, 0.05) is 37.6 Å². The van der Waals surface area contributed by atoms with Crippen LogP contribution in [-0.4, -0.2) is 29.5 Å². The monoisotopic (exact) mass is 366 g/mol. The quantitative estimate of drug-likeness (QED) is 0.541. The van der Waals surface area contributed by atoms with E-state index < -0.39 is 0 Å². The molecule has 6 nitrogen and oxygen atoms in total. The highest BCUT2D eigenvalue weighted by Gasteiger charge is 2.23. The fourth-order valence-electron chi connectivity index (χ4n) is 3.60. The summed E-state index contributed by atoms with van der Waals surface area (Å²) < 4.78 is 13.1. The molecule has 1 saturated heterocycles. The molecule has 0 radical (unpaired) electrons. The van der Waals surface area contributed by atoms with E-state index in [1.54, 1.807) is 36.5 Å². The summed E-state index contributed by atoms with van der Waals surface area (Å²) in [6.45, 7) is 2.56. The van der Waals surface area contributed by atoms with E-state index in [0.717, 1.165) is 37.4 Å². The standard InChI is InChI=1S/C20H19FN4O2/c21-15-3-5-16(6-4-15)24-11-9-14(13-24)12-23-18-7-8-19(25(26)27)17-2-1-10-22-20(17)18/h1-8,10,14,23H,9,11-13H2/t14-/m0/s1. The molecule has 1 fully saturated rings. The molecule has 0 aliphatic carbocycles. The van der Waals surface area contributed by atoms with Crippen molar-refractivity contribution in [3.8, 4) is 0 Å². The van der Waals surface area contributed by atoms with Crippen LogP contribution in [0.1, 0.15) is 6.42 Å². The lowest BCUT2D eigenvalue weighted by Gasteiger charge is -2.19. The van der Waals surface area contributed by atoms with Gasteiger partial charge in [0.25, 0.3) is 5.69 Å². The second kappa shape index (κ2) is 7.19. The molecule has 3 aromatic rings. The zero-order chi connectivity index (χ0) is 18.8. The minimum absolute atomic E-state index is 0.0620. The van der Waals surface area contributed by atoms with Crippen molar-refractivity contribution < 1.29 is 9.31 Å². The minimum atomic E-state index is -0.384. The van der Waals surface area contributed by atoms with Gasteiger partial charge in [-0.1, -0.05) is 0 Å². The van der Waals surface area contributed by atoms with Crippen LogP contribution in [0.2, 0.25) is 0 Å². The Kier molecular flexibility index (Phi) is 4.58. The van der Waals surface area contributed by atoms with Crippen LogP contribution in [0.5, 0.6) is 0 Å². The largest absolute Gasteiger partial charge is 0.383 e. The third kappa shape index (κ3) is 3.53. The number of nitrogens with zero attached hydrogens (tertiary/aromatic N) is 3. The maximum atomic E-state index is 13.1. The van der Waals surface area contributed by atoms with Crippen molar-refractivity contribution in [2.45, 2.75) is 6.42 Å². The Morgan fingerprint density at radius 3 is 2.81 bits per heavy atom. The van der Waals surface area contributed by atoms with E-state index in [0.29, 0.717) is 16.8 Å². The summed E-state index contributed by atoms with van der Waals surface area (Å²) in [5, 5.41) is 15.2. The number of rotatable bonds is 5. The highest BCUT2D eigenvalue weighted by Crippen LogP contribution is 2.30. The molecule has 27 heavy (non-hydrogen) atoms. The minimum Gasteiger partial charge on any atom is -0.383 e. The summed E-state index contributed by atoms with van der Waals surface area (Å²) in [5.74, 6) is 0.206. The van der Waals surface area contributed by atoms with E-state index >= 15 is 0 Å². The molecule has 0 spiro atoms. The molecule has 1 aromatic heterocycles. The number of nitrogens with one attached hydrogen (secondary N) is 1. The van der Waals surface area contributed by atoms with Crippen molar-refractivity contribution in [3.63, 3.8) is 0 Å². The molecule has 4 rings (SSSR count). The Labute approximate surface area is 155 Å². The molecule has 2 aromatic carbocycles. The number of nitro benzene ring substituents is 1. The molecule has 0 amide bonds. The Morgan fingerprint density at radius 2 is 2.04 bits per heavy atom. The number of non-ortho nitro benzene ring substituents is 1. The van der Waals surface area contributed by atoms with Gasteiger partial charge in [0.2, 0.25) is 0 Å². The van der Waals surface area contributed by atoms with E-state index in [1.807, 2.05) is 0 Å². The molecule has 1 aliphatic rings. The summed E-state index contributed by atoms with van der Waals surface area (Å²) in [6.07, 6.45) is 2.67. The number of pyridine rings is 1. The number of hydrogen-bond donors (Lipinski definition) is 1. The van der Waals surface area contributed by atoms with E-state index in [2.05, 4.69) is 15.2 Å². The normalized spacial score (nSPS) is 16.6. The van der Waals surface area contributed by atoms with Gasteiger partial charge in [0.15, 0.2) is 0 Å². The van der Waals surface area contributed by atoms with Crippen molar-refractivity contribution in [1.29, 1.82) is 0 Å². The van der Waals surface area contributed by atoms with Gasteiger partial charge in [-0.25, -0.2) is 4.39 Å². The number of benzene rings is 2. The molecule has 0 unspecified atom stereocenters. The maximum Gasteiger partial charge on any atom is 0.278 e. The van der Waals surface area contributed by atoms with Gasteiger partial charge in [-0.3, -0.25) is 15.1 Å². The summed E-state index contributed by atoms with van der Waals surface area (Å²) in [5.41, 5.74) is 2.50. The maximum absolute atomic E-state index is 13.1. The third-order valence-electron chi connectivity index (χ3n) is 5.00. The molecule has 2 heterocycles. The van der Waals surface area contributed by atoms with Crippen molar-refractivity contribution in [2.75, 3.05) is 29.9 Å². The van der Waals surface area contributed by atoms with Crippen molar-refractivity contribution >= 4 is 28.0 Å². The second-order valence-electron chi connectivity index (χ2n) is 6.75. The number of anilines is 2. The predicted molar refractivity (Wildman–Crippen MR) is 104 cm³/mol. The van der Waals surface area contributed by atoms with Crippen LogP contribution in [0.15, 0.2) is 54.7 Å². The first-order valence-electron chi connectivity index (χ1n) is 8.88. The predicted octanol–water partition coefficient (Wildman–Crippen LogP) is 4.22. The summed E-state index contributed by atoms with van der Waals surface area (Å²) in [4.78, 5) is 17.4. The Bertz CT molecular complexity index is 977. The lowest BCUT2D eigenvalue weighted by molar-refractivity contribution is -0.383. The van der Waals surface area contributed by atoms with Gasteiger partial charge in [-0.15, -0.1) is 0 Å². The molecule has 0 bridgehead atoms. The zero-order valence-electron chi connectivity index (χ0n) is 14.6. The van der Waals surface area contributed by atoms with Crippen LogP contribution in [-0.2, 0) is 0 Å². The van der Waals surface area contributed by atoms with Crippen molar-refractivity contribution in [1.82, 2.24) is 4.98 Å². The van der Waals surface area contributed by atoms with Gasteiger partial charge < -0.3 is 10.2 Å². The van der Waals surface area contributed by atoms with Crippen LogP contribution in [0, 0.1) is 21.8 Å². The van der Waals surface area contributed by atoms with E-state index in [1.165, 1.54) is 18.2 Å². The molecule has 138 valence electrons. The van der Waals surface area contributed by atoms with Crippen LogP contribution < -0.4 is 10.2 Å². The summed E-state index contributed by atoms with van der Waals surface area (Å²) in [7, 11) is 0. The molecular formula is C20H19FN4O2. The van der Waals surface area contributed by atoms with Crippen molar-refractivity contribution in [3.05, 3.63) is 70.7 Å². The van der Waals surface area contributed by atoms with Crippen molar-refractivity contribution in [2.24, 2.45) is 5.92 Å². The lowest BCUT2D eigenvalue weighted by atomic mass is 10.1. The van der Waals surface area contributed by atoms with Gasteiger partial charge in [-0.2, -0.15) is 0 Å². The number of hydrogen-bond acceptors (Lipinski definition) is 5. The average molecular weight is 366 g/mol. The lowest BCUT2D eigenvalue weighted by Crippen LogP contribution is -2.22. The Balaban J connectivity index is 1.46. The van der Waals surface area contributed by atoms with E-state index in [9.17, 15) is 14.5 Å². The fraction of sp³-hybridized carbons (Fsp3) is 0.250. The molecular weight excluding hydrogens is 347 g/mol. The van der Waals surface area contributed by atoms with Crippen LogP contribution >= 0.6 is 0 Å². The molecule has 1 atom stereocenters. The number of aromatic nitrogens is 1. The first-order chi connectivity index (χ1) is 13.1. The third-order valence-corrected chi connectivity index (χ3v) is 5.00. The zero-order valence-corrected chi connectivity index (χ0v) is 14.6. The van der Waals surface area contributed by atoms with Crippen LogP contribution in [0.3, 0.4) is 0 Å². The molecule has 7 heteroatoms. The molecule has 1 N–H and O–H groups in total. The SMILES string of the molecule is O=[N+]([O-])c1ccc(NC[C@@H]2CCN(c3ccc(F)cc3)C2)c2ncccc12. The van der Waals surface area contributed by atoms with Crippen LogP contribution in [0.4, 0.5) is 21.5 Å². The van der Waals surface area contributed by atoms with Gasteiger partial charge in [0.1, 0.15) is 11.3 Å². The smallest absolute Gasteiger partial charge is 0.278 e. The topological polar surface area (TPSA) is 71.3 Å². The van der Waals surface area contributed by atoms with Gasteiger partial charge in [-0.05, 0) is 54.8 Å². The Hall–Kier alpha value is -3.22. The number of halogens is 1. The molecule has 0 saturated carbocycles. The highest BCUT2D eigenvalue weighted by atomic mass is 19.1. The van der Waals surface area contributed by atoms with E-state index in [-0.39, 0.29) is 16.4 Å². The van der Waals surface area contributed by atoms with E-state index in [4.69, 9.17) is 0 Å². The first-order valence-corrected chi connectivity index (χ1v) is 8.88. The fourth-order valence-corrected chi connectivity index (χ4v) is 3.60. The highest BCUT2D eigenvalue weighted by molar-refractivity contribution is 5.96. The number of nitro groups is 1. The first kappa shape index (κ1) is 17.2. The van der Waals surface area contributed by atoms with Gasteiger partial charge >= 0.3 is 0 Å². The summed E-state index contributed by atoms with van der Waals surface area (Å²) in [6, 6.07) is 13.2. The Morgan fingerprint density at radius 1 is 1.22 bits per heavy atom. The number of fused-ring (bicyclic) bond motifs is 1. The van der Waals surface area contributed by atoms with Crippen LogP contribution in [0.25, 0.3) is 10.9 Å². The average Bonchev–Trinajstić information content (AvgIpc) is 3.15. The summed E-state index contributed by atoms with van der Waals surface area (Å²) >= 11 is 0.